The van der Waals surface area contributed by atoms with E-state index in [0.29, 0.717) is 12.5 Å². The van der Waals surface area contributed by atoms with Crippen LogP contribution in [0.5, 0.6) is 5.75 Å². The molecular formula is C11H13F2NO. The van der Waals surface area contributed by atoms with Crippen LogP contribution in [0.1, 0.15) is 12.8 Å². The zero-order valence-electron chi connectivity index (χ0n) is 8.25. The van der Waals surface area contributed by atoms with Gasteiger partial charge in [-0.25, -0.2) is 8.78 Å². The van der Waals surface area contributed by atoms with Crippen molar-refractivity contribution in [3.05, 3.63) is 29.8 Å². The highest BCUT2D eigenvalue weighted by Crippen LogP contribution is 2.31. The molecule has 1 saturated carbocycles. The Labute approximate surface area is 87.0 Å². The predicted octanol–water partition coefficient (Wildman–Crippen LogP) is 2.08. The number of hydrogen-bond donors (Lipinski definition) is 1. The van der Waals surface area contributed by atoms with Gasteiger partial charge in [-0.1, -0.05) is 0 Å². The minimum Gasteiger partial charge on any atom is -0.492 e. The van der Waals surface area contributed by atoms with Crippen molar-refractivity contribution >= 4 is 0 Å². The van der Waals surface area contributed by atoms with E-state index in [2.05, 4.69) is 0 Å². The van der Waals surface area contributed by atoms with Crippen LogP contribution in [-0.4, -0.2) is 12.6 Å². The van der Waals surface area contributed by atoms with E-state index in [1.165, 1.54) is 0 Å². The highest BCUT2D eigenvalue weighted by atomic mass is 19.1. The lowest BCUT2D eigenvalue weighted by atomic mass is 10.2. The van der Waals surface area contributed by atoms with Gasteiger partial charge in [-0.15, -0.1) is 0 Å². The van der Waals surface area contributed by atoms with Crippen molar-refractivity contribution in [3.8, 4) is 5.75 Å². The summed E-state index contributed by atoms with van der Waals surface area (Å²) < 4.78 is 30.8. The smallest absolute Gasteiger partial charge is 0.129 e. The van der Waals surface area contributed by atoms with Gasteiger partial charge in [-0.05, 0) is 18.8 Å². The Morgan fingerprint density at radius 1 is 1.27 bits per heavy atom. The summed E-state index contributed by atoms with van der Waals surface area (Å²) in [5.41, 5.74) is 5.79. The quantitative estimate of drug-likeness (QED) is 0.831. The zero-order valence-corrected chi connectivity index (χ0v) is 8.25. The molecule has 0 heterocycles. The molecule has 1 aromatic rings. The van der Waals surface area contributed by atoms with Gasteiger partial charge in [0.1, 0.15) is 24.0 Å². The first-order valence-corrected chi connectivity index (χ1v) is 4.99. The summed E-state index contributed by atoms with van der Waals surface area (Å²) in [4.78, 5) is 0. The van der Waals surface area contributed by atoms with E-state index < -0.39 is 11.6 Å². The summed E-state index contributed by atoms with van der Waals surface area (Å²) in [5, 5.41) is 0. The summed E-state index contributed by atoms with van der Waals surface area (Å²) in [6.45, 7) is 0.313. The molecule has 2 nitrogen and oxygen atoms in total. The summed E-state index contributed by atoms with van der Waals surface area (Å²) in [6, 6.07) is 3.09. The van der Waals surface area contributed by atoms with E-state index in [4.69, 9.17) is 10.5 Å². The third-order valence-electron chi connectivity index (χ3n) is 2.51. The monoisotopic (exact) mass is 213 g/mol. The number of benzene rings is 1. The Bertz CT molecular complexity index is 332. The number of halogens is 2. The van der Waals surface area contributed by atoms with Gasteiger partial charge in [0, 0.05) is 24.2 Å². The van der Waals surface area contributed by atoms with Crippen LogP contribution in [0.3, 0.4) is 0 Å². The lowest BCUT2D eigenvalue weighted by Crippen LogP contribution is -2.29. The molecule has 0 radical (unpaired) electrons. The average Bonchev–Trinajstić information content (AvgIpc) is 2.95. The Hall–Kier alpha value is -1.16. The van der Waals surface area contributed by atoms with Crippen molar-refractivity contribution in [2.24, 2.45) is 11.7 Å². The molecule has 1 aliphatic carbocycles. The van der Waals surface area contributed by atoms with Crippen LogP contribution in [0.4, 0.5) is 8.78 Å². The van der Waals surface area contributed by atoms with Crippen LogP contribution < -0.4 is 10.5 Å². The Balaban J connectivity index is 1.91. The van der Waals surface area contributed by atoms with Gasteiger partial charge in [-0.3, -0.25) is 0 Å². The van der Waals surface area contributed by atoms with E-state index in [0.717, 1.165) is 31.0 Å². The first kappa shape index (κ1) is 10.4. The fraction of sp³-hybridized carbons (Fsp3) is 0.455. The fourth-order valence-corrected chi connectivity index (χ4v) is 1.46. The van der Waals surface area contributed by atoms with Gasteiger partial charge >= 0.3 is 0 Å². The largest absolute Gasteiger partial charge is 0.492 e. The first-order valence-electron chi connectivity index (χ1n) is 4.99. The van der Waals surface area contributed by atoms with Gasteiger partial charge in [0.2, 0.25) is 0 Å². The SMILES string of the molecule is NC(COc1cc(F)cc(F)c1)C1CC1. The Morgan fingerprint density at radius 2 is 1.87 bits per heavy atom. The van der Waals surface area contributed by atoms with E-state index in [9.17, 15) is 8.78 Å². The van der Waals surface area contributed by atoms with Crippen LogP contribution in [0.15, 0.2) is 18.2 Å². The maximum absolute atomic E-state index is 12.8. The predicted molar refractivity (Wildman–Crippen MR) is 52.6 cm³/mol. The summed E-state index contributed by atoms with van der Waals surface area (Å²) >= 11 is 0. The van der Waals surface area contributed by atoms with Crippen LogP contribution in [0.2, 0.25) is 0 Å². The van der Waals surface area contributed by atoms with Crippen LogP contribution in [-0.2, 0) is 0 Å². The van der Waals surface area contributed by atoms with Crippen molar-refractivity contribution in [1.82, 2.24) is 0 Å². The second-order valence-electron chi connectivity index (χ2n) is 3.92. The lowest BCUT2D eigenvalue weighted by molar-refractivity contribution is 0.273. The number of nitrogens with two attached hydrogens (primary N) is 1. The average molecular weight is 213 g/mol. The van der Waals surface area contributed by atoms with Crippen LogP contribution >= 0.6 is 0 Å². The lowest BCUT2D eigenvalue weighted by Gasteiger charge is -2.12. The molecule has 15 heavy (non-hydrogen) atoms. The van der Waals surface area contributed by atoms with E-state index in [1.807, 2.05) is 0 Å². The second kappa shape index (κ2) is 4.14. The number of hydrogen-bond acceptors (Lipinski definition) is 2. The molecular weight excluding hydrogens is 200 g/mol. The molecule has 4 heteroatoms. The molecule has 2 rings (SSSR count). The van der Waals surface area contributed by atoms with E-state index >= 15 is 0 Å². The third-order valence-corrected chi connectivity index (χ3v) is 2.51. The van der Waals surface area contributed by atoms with Crippen molar-refractivity contribution in [3.63, 3.8) is 0 Å². The van der Waals surface area contributed by atoms with E-state index in [-0.39, 0.29) is 11.8 Å². The molecule has 1 aliphatic rings. The molecule has 0 spiro atoms. The molecule has 0 aliphatic heterocycles. The summed E-state index contributed by atoms with van der Waals surface area (Å²) in [7, 11) is 0. The van der Waals surface area contributed by atoms with Gasteiger partial charge in [0.05, 0.1) is 0 Å². The van der Waals surface area contributed by atoms with Gasteiger partial charge in [0.15, 0.2) is 0 Å². The van der Waals surface area contributed by atoms with Crippen molar-refractivity contribution in [2.45, 2.75) is 18.9 Å². The molecule has 1 fully saturated rings. The molecule has 0 saturated heterocycles. The highest BCUT2D eigenvalue weighted by molar-refractivity contribution is 5.23. The molecule has 0 bridgehead atoms. The molecule has 0 amide bonds. The van der Waals surface area contributed by atoms with Crippen molar-refractivity contribution in [2.75, 3.05) is 6.61 Å². The molecule has 1 aromatic carbocycles. The van der Waals surface area contributed by atoms with Crippen molar-refractivity contribution < 1.29 is 13.5 Å². The fourth-order valence-electron chi connectivity index (χ4n) is 1.46. The third kappa shape index (κ3) is 2.89. The normalized spacial score (nSPS) is 17.5. The Morgan fingerprint density at radius 3 is 2.40 bits per heavy atom. The van der Waals surface area contributed by atoms with Gasteiger partial charge in [0.25, 0.3) is 0 Å². The second-order valence-corrected chi connectivity index (χ2v) is 3.92. The van der Waals surface area contributed by atoms with Crippen LogP contribution in [0.25, 0.3) is 0 Å². The van der Waals surface area contributed by atoms with Gasteiger partial charge in [-0.2, -0.15) is 0 Å². The van der Waals surface area contributed by atoms with E-state index in [1.54, 1.807) is 0 Å². The summed E-state index contributed by atoms with van der Waals surface area (Å²) in [5.74, 6) is -0.554. The number of ether oxygens (including phenoxy) is 1. The molecule has 0 aromatic heterocycles. The zero-order chi connectivity index (χ0) is 10.8. The molecule has 1 atom stereocenters. The van der Waals surface area contributed by atoms with Crippen molar-refractivity contribution in [1.29, 1.82) is 0 Å². The summed E-state index contributed by atoms with van der Waals surface area (Å²) in [6.07, 6.45) is 2.25. The number of rotatable bonds is 4. The maximum atomic E-state index is 12.8. The Kier molecular flexibility index (Phi) is 2.86. The van der Waals surface area contributed by atoms with Crippen LogP contribution in [0, 0.1) is 17.6 Å². The molecule has 2 N–H and O–H groups in total. The molecule has 82 valence electrons. The molecule has 1 unspecified atom stereocenters. The minimum atomic E-state index is -0.634. The van der Waals surface area contributed by atoms with Gasteiger partial charge < -0.3 is 10.5 Å². The highest BCUT2D eigenvalue weighted by Gasteiger charge is 2.28. The standard InChI is InChI=1S/C11H13F2NO/c12-8-3-9(13)5-10(4-8)15-6-11(14)7-1-2-7/h3-5,7,11H,1-2,6,14H2. The first-order chi connectivity index (χ1) is 7.15. The maximum Gasteiger partial charge on any atom is 0.129 e. The topological polar surface area (TPSA) is 35.2 Å². The minimum absolute atomic E-state index is 0.0312.